The predicted molar refractivity (Wildman–Crippen MR) is 138 cm³/mol. The summed E-state index contributed by atoms with van der Waals surface area (Å²) in [5.74, 6) is 0. The maximum Gasteiger partial charge on any atom is 0.360 e. The Morgan fingerprint density at radius 1 is 1.06 bits per heavy atom. The third-order valence-electron chi connectivity index (χ3n) is 4.41. The molecule has 1 fully saturated rings. The average Bonchev–Trinajstić information content (AvgIpc) is 3.13. The van der Waals surface area contributed by atoms with Crippen LogP contribution in [0.5, 0.6) is 0 Å². The van der Waals surface area contributed by atoms with Crippen molar-refractivity contribution < 1.29 is 19.9 Å². The second-order valence-electron chi connectivity index (χ2n) is 7.81. The van der Waals surface area contributed by atoms with Crippen LogP contribution < -0.4 is 11.1 Å². The lowest BCUT2D eigenvalue weighted by Gasteiger charge is -2.14. The number of nitro groups is 2. The maximum atomic E-state index is 10.2. The largest absolute Gasteiger partial charge is 0.451 e. The Kier molecular flexibility index (Phi) is 12.7. The summed E-state index contributed by atoms with van der Waals surface area (Å²) in [6.07, 6.45) is -0.909. The van der Waals surface area contributed by atoms with E-state index in [-0.39, 0.29) is 24.2 Å². The number of benzene rings is 2. The summed E-state index contributed by atoms with van der Waals surface area (Å²) in [4.78, 5) is 19.7. The highest BCUT2D eigenvalue weighted by Crippen LogP contribution is 2.27. The van der Waals surface area contributed by atoms with Gasteiger partial charge in [-0.1, -0.05) is 47.5 Å². The SMILES string of the molecule is CC(C)=N[N+](=O)[O-].CC(N)C(O)c1ccc(Cl)cc1.CC1N/C(=N/[N+](=O)[O-])OC1c1ccc(Cl)cc1. The molecule has 0 radical (unpaired) electrons. The van der Waals surface area contributed by atoms with E-state index in [0.29, 0.717) is 15.8 Å². The molecule has 4 N–H and O–H groups in total. The number of aliphatic hydroxyl groups excluding tert-OH is 1. The minimum absolute atomic E-state index is 0.0672. The van der Waals surface area contributed by atoms with Crippen molar-refractivity contribution in [3.8, 4) is 0 Å². The molecule has 2 aromatic rings. The van der Waals surface area contributed by atoms with E-state index in [1.807, 2.05) is 19.1 Å². The molecule has 36 heavy (non-hydrogen) atoms. The van der Waals surface area contributed by atoms with Crippen molar-refractivity contribution in [2.75, 3.05) is 0 Å². The highest BCUT2D eigenvalue weighted by molar-refractivity contribution is 6.30. The zero-order valence-corrected chi connectivity index (χ0v) is 21.6. The molecule has 12 nitrogen and oxygen atoms in total. The number of amidine groups is 1. The molecule has 1 saturated heterocycles. The Morgan fingerprint density at radius 2 is 1.56 bits per heavy atom. The fourth-order valence-corrected chi connectivity index (χ4v) is 3.04. The topological polar surface area (TPSA) is 179 Å². The number of nitrogens with one attached hydrogen (secondary N) is 1. The number of halogens is 2. The Labute approximate surface area is 218 Å². The van der Waals surface area contributed by atoms with Crippen molar-refractivity contribution in [2.45, 2.75) is 52.0 Å². The minimum atomic E-state index is -0.792. The molecule has 196 valence electrons. The minimum Gasteiger partial charge on any atom is -0.451 e. The van der Waals surface area contributed by atoms with E-state index < -0.39 is 16.2 Å². The van der Waals surface area contributed by atoms with Crippen molar-refractivity contribution in [3.63, 3.8) is 0 Å². The number of hydrogen-bond acceptors (Lipinski definition) is 7. The van der Waals surface area contributed by atoms with Crippen LogP contribution in [-0.4, -0.2) is 39.0 Å². The molecule has 1 aliphatic rings. The molecule has 4 atom stereocenters. The van der Waals surface area contributed by atoms with Gasteiger partial charge < -0.3 is 20.9 Å². The van der Waals surface area contributed by atoms with Gasteiger partial charge in [0.25, 0.3) is 0 Å². The highest BCUT2D eigenvalue weighted by Gasteiger charge is 2.32. The van der Waals surface area contributed by atoms with Gasteiger partial charge in [0.1, 0.15) is 11.2 Å². The molecule has 1 aliphatic heterocycles. The van der Waals surface area contributed by atoms with Crippen LogP contribution >= 0.6 is 23.2 Å². The van der Waals surface area contributed by atoms with Crippen LogP contribution in [-0.2, 0) is 4.74 Å². The number of hydrazone groups is 2. The summed E-state index contributed by atoms with van der Waals surface area (Å²) < 4.78 is 5.36. The van der Waals surface area contributed by atoms with Gasteiger partial charge in [0.2, 0.25) is 0 Å². The lowest BCUT2D eigenvalue weighted by atomic mass is 10.0. The number of nitrogens with zero attached hydrogens (tertiary/aromatic N) is 4. The van der Waals surface area contributed by atoms with Crippen LogP contribution in [0.2, 0.25) is 10.0 Å². The Bertz CT molecular complexity index is 1060. The molecule has 4 unspecified atom stereocenters. The summed E-state index contributed by atoms with van der Waals surface area (Å²) >= 11 is 11.5. The van der Waals surface area contributed by atoms with E-state index >= 15 is 0 Å². The predicted octanol–water partition coefficient (Wildman–Crippen LogP) is 4.32. The van der Waals surface area contributed by atoms with E-state index in [1.165, 1.54) is 0 Å². The second kappa shape index (κ2) is 14.9. The molecule has 1 heterocycles. The van der Waals surface area contributed by atoms with Gasteiger partial charge in [-0.3, -0.25) is 0 Å². The van der Waals surface area contributed by atoms with E-state index in [4.69, 9.17) is 33.7 Å². The quantitative estimate of drug-likeness (QED) is 0.283. The summed E-state index contributed by atoms with van der Waals surface area (Å²) in [5, 5.41) is 37.8. The van der Waals surface area contributed by atoms with Gasteiger partial charge in [0.05, 0.1) is 23.0 Å². The van der Waals surface area contributed by atoms with E-state index in [9.17, 15) is 25.3 Å². The smallest absolute Gasteiger partial charge is 0.360 e. The first kappa shape index (κ1) is 30.7. The van der Waals surface area contributed by atoms with Crippen molar-refractivity contribution in [1.29, 1.82) is 0 Å². The van der Waals surface area contributed by atoms with E-state index in [2.05, 4.69) is 15.5 Å². The molecule has 0 saturated carbocycles. The maximum absolute atomic E-state index is 10.2. The molecule has 0 amide bonds. The van der Waals surface area contributed by atoms with Gasteiger partial charge in [0, 0.05) is 16.1 Å². The second-order valence-corrected chi connectivity index (χ2v) is 8.68. The summed E-state index contributed by atoms with van der Waals surface area (Å²) in [6, 6.07) is 13.7. The van der Waals surface area contributed by atoms with Gasteiger partial charge in [-0.25, -0.2) is 20.2 Å². The number of rotatable bonds is 5. The number of hydrogen-bond donors (Lipinski definition) is 3. The summed E-state index contributed by atoms with van der Waals surface area (Å²) in [6.45, 7) is 6.77. The van der Waals surface area contributed by atoms with Crippen LogP contribution in [0, 0.1) is 20.2 Å². The first-order valence-electron chi connectivity index (χ1n) is 10.6. The zero-order valence-electron chi connectivity index (χ0n) is 20.0. The Hall–Kier alpha value is -3.32. The lowest BCUT2D eigenvalue weighted by Crippen LogP contribution is -2.25. The molecule has 14 heteroatoms. The fourth-order valence-electron chi connectivity index (χ4n) is 2.79. The summed E-state index contributed by atoms with van der Waals surface area (Å²) in [7, 11) is 0. The summed E-state index contributed by atoms with van der Waals surface area (Å²) in [5.41, 5.74) is 7.68. The van der Waals surface area contributed by atoms with E-state index in [1.54, 1.807) is 57.2 Å². The lowest BCUT2D eigenvalue weighted by molar-refractivity contribution is -0.486. The third kappa shape index (κ3) is 11.4. The molecule has 0 aromatic heterocycles. The molecular weight excluding hydrogens is 515 g/mol. The monoisotopic (exact) mass is 542 g/mol. The van der Waals surface area contributed by atoms with Gasteiger partial charge in [-0.05, 0) is 63.1 Å². The van der Waals surface area contributed by atoms with Crippen LogP contribution in [0.3, 0.4) is 0 Å². The van der Waals surface area contributed by atoms with Gasteiger partial charge in [0.15, 0.2) is 10.1 Å². The number of nitrogens with two attached hydrogens (primary N) is 1. The fraction of sp³-hybridized carbons (Fsp3) is 0.364. The average molecular weight is 543 g/mol. The van der Waals surface area contributed by atoms with Crippen molar-refractivity contribution in [1.82, 2.24) is 5.32 Å². The van der Waals surface area contributed by atoms with E-state index in [0.717, 1.165) is 11.1 Å². The Balaban J connectivity index is 0.000000298. The first-order chi connectivity index (χ1) is 16.8. The van der Waals surface area contributed by atoms with Crippen LogP contribution in [0.4, 0.5) is 0 Å². The standard InChI is InChI=1S/C10H10ClN3O3.C9H12ClNO.C3H6N2O2/c1-6-9(7-2-4-8(11)5-3-7)17-10(12-6)13-14(15)16;1-6(11)9(12)7-2-4-8(10)5-3-7;1-3(2)4-5(6)7/h2-6,9H,1H3,(H,12,13);2-6,9,12H,11H2,1H3;1-2H3. The van der Waals surface area contributed by atoms with Crippen molar-refractivity contribution >= 4 is 34.9 Å². The number of aliphatic hydroxyl groups is 1. The van der Waals surface area contributed by atoms with Crippen molar-refractivity contribution in [3.05, 3.63) is 89.9 Å². The van der Waals surface area contributed by atoms with Crippen LogP contribution in [0.15, 0.2) is 58.7 Å². The molecule has 0 bridgehead atoms. The van der Waals surface area contributed by atoms with Gasteiger partial charge >= 0.3 is 6.02 Å². The molecule has 0 spiro atoms. The Morgan fingerprint density at radius 3 is 1.94 bits per heavy atom. The third-order valence-corrected chi connectivity index (χ3v) is 4.91. The van der Waals surface area contributed by atoms with Crippen LogP contribution in [0.1, 0.15) is 51.0 Å². The molecule has 2 aromatic carbocycles. The van der Waals surface area contributed by atoms with Crippen molar-refractivity contribution in [2.24, 2.45) is 15.9 Å². The number of ether oxygens (including phenoxy) is 1. The van der Waals surface area contributed by atoms with Crippen LogP contribution in [0.25, 0.3) is 0 Å². The molecule has 0 aliphatic carbocycles. The van der Waals surface area contributed by atoms with Gasteiger partial charge in [-0.15, -0.1) is 0 Å². The highest BCUT2D eigenvalue weighted by atomic mass is 35.5. The molecular formula is C22H28Cl2N6O6. The normalized spacial score (nSPS) is 18.7. The first-order valence-corrected chi connectivity index (χ1v) is 11.3. The molecule has 3 rings (SSSR count). The zero-order chi connectivity index (χ0) is 27.4. The van der Waals surface area contributed by atoms with Gasteiger partial charge in [-0.2, -0.15) is 0 Å².